The van der Waals surface area contributed by atoms with E-state index < -0.39 is 6.10 Å². The predicted octanol–water partition coefficient (Wildman–Crippen LogP) is 3.20. The summed E-state index contributed by atoms with van der Waals surface area (Å²) in [6, 6.07) is 4.07. The number of aliphatic hydroxyl groups is 1. The number of furan rings is 1. The average molecular weight is 301 g/mol. The number of hydrogen-bond donors (Lipinski definition) is 1. The number of carbonyl (C=O) groups is 1. The third kappa shape index (κ3) is 2.31. The lowest BCUT2D eigenvalue weighted by atomic mass is 9.95. The largest absolute Gasteiger partial charge is 0.450 e. The van der Waals surface area contributed by atoms with E-state index in [1.165, 1.54) is 0 Å². The Kier molecular flexibility index (Phi) is 3.73. The van der Waals surface area contributed by atoms with Crippen molar-refractivity contribution in [1.82, 2.24) is 4.90 Å². The lowest BCUT2D eigenvalue weighted by Gasteiger charge is -2.33. The summed E-state index contributed by atoms with van der Waals surface area (Å²) >= 11 is 0. The molecule has 1 aromatic carbocycles. The van der Waals surface area contributed by atoms with Gasteiger partial charge < -0.3 is 14.4 Å². The molecule has 22 heavy (non-hydrogen) atoms. The summed E-state index contributed by atoms with van der Waals surface area (Å²) in [5.74, 6) is 0.540. The lowest BCUT2D eigenvalue weighted by Crippen LogP contribution is -2.45. The van der Waals surface area contributed by atoms with Crippen molar-refractivity contribution in [2.75, 3.05) is 13.1 Å². The molecule has 0 saturated carbocycles. The van der Waals surface area contributed by atoms with E-state index in [4.69, 9.17) is 4.42 Å². The van der Waals surface area contributed by atoms with Gasteiger partial charge in [-0.15, -0.1) is 0 Å². The monoisotopic (exact) mass is 301 g/mol. The van der Waals surface area contributed by atoms with Crippen LogP contribution in [0.2, 0.25) is 0 Å². The highest BCUT2D eigenvalue weighted by molar-refractivity contribution is 6.00. The van der Waals surface area contributed by atoms with Crippen molar-refractivity contribution in [1.29, 1.82) is 0 Å². The fraction of sp³-hybridized carbons (Fsp3) is 0.500. The molecule has 118 valence electrons. The van der Waals surface area contributed by atoms with E-state index in [1.807, 2.05) is 33.8 Å². The van der Waals surface area contributed by atoms with E-state index in [0.29, 0.717) is 18.8 Å². The molecular weight excluding hydrogens is 278 g/mol. The SMILES string of the molecule is Cc1ccc(C)c2c(C)c(C(=O)N3CCC(C)C(O)C3)oc12. The Morgan fingerprint density at radius 1 is 1.27 bits per heavy atom. The maximum atomic E-state index is 12.8. The van der Waals surface area contributed by atoms with E-state index in [0.717, 1.165) is 34.1 Å². The summed E-state index contributed by atoms with van der Waals surface area (Å²) < 4.78 is 5.91. The van der Waals surface area contributed by atoms with Crippen LogP contribution in [0.3, 0.4) is 0 Å². The number of nitrogens with zero attached hydrogens (tertiary/aromatic N) is 1. The highest BCUT2D eigenvalue weighted by Gasteiger charge is 2.31. The Morgan fingerprint density at radius 2 is 1.95 bits per heavy atom. The van der Waals surface area contributed by atoms with Crippen LogP contribution in [0.1, 0.15) is 40.6 Å². The Balaban J connectivity index is 2.00. The molecule has 0 aliphatic carbocycles. The summed E-state index contributed by atoms with van der Waals surface area (Å²) in [6.45, 7) is 9.04. The van der Waals surface area contributed by atoms with Crippen molar-refractivity contribution in [3.63, 3.8) is 0 Å². The number of aryl methyl sites for hydroxylation is 3. The van der Waals surface area contributed by atoms with Gasteiger partial charge in [-0.05, 0) is 44.2 Å². The highest BCUT2D eigenvalue weighted by atomic mass is 16.3. The van der Waals surface area contributed by atoms with Crippen LogP contribution in [0.4, 0.5) is 0 Å². The van der Waals surface area contributed by atoms with Crippen LogP contribution in [0.15, 0.2) is 16.5 Å². The molecule has 1 saturated heterocycles. The second-order valence-electron chi connectivity index (χ2n) is 6.54. The van der Waals surface area contributed by atoms with Gasteiger partial charge in [-0.3, -0.25) is 4.79 Å². The van der Waals surface area contributed by atoms with Crippen LogP contribution in [0.25, 0.3) is 11.0 Å². The number of likely N-dealkylation sites (tertiary alicyclic amines) is 1. The minimum atomic E-state index is -0.453. The molecule has 1 aliphatic heterocycles. The summed E-state index contributed by atoms with van der Waals surface area (Å²) in [5.41, 5.74) is 3.85. The fourth-order valence-electron chi connectivity index (χ4n) is 3.26. The highest BCUT2D eigenvalue weighted by Crippen LogP contribution is 2.32. The first-order chi connectivity index (χ1) is 10.4. The van der Waals surface area contributed by atoms with Crippen LogP contribution in [-0.2, 0) is 0 Å². The molecule has 2 heterocycles. The Bertz CT molecular complexity index is 731. The molecule has 1 aromatic heterocycles. The molecular formula is C18H23NO3. The third-order valence-electron chi connectivity index (χ3n) is 4.88. The van der Waals surface area contributed by atoms with E-state index in [9.17, 15) is 9.90 Å². The van der Waals surface area contributed by atoms with Crippen molar-refractivity contribution in [3.05, 3.63) is 34.6 Å². The minimum absolute atomic E-state index is 0.113. The first-order valence-corrected chi connectivity index (χ1v) is 7.86. The van der Waals surface area contributed by atoms with Crippen molar-refractivity contribution in [2.45, 2.75) is 40.2 Å². The summed E-state index contributed by atoms with van der Waals surface area (Å²) in [4.78, 5) is 14.5. The second kappa shape index (κ2) is 5.43. The first kappa shape index (κ1) is 15.1. The summed E-state index contributed by atoms with van der Waals surface area (Å²) in [5, 5.41) is 11.1. The topological polar surface area (TPSA) is 53.7 Å². The number of benzene rings is 1. The Hall–Kier alpha value is -1.81. The van der Waals surface area contributed by atoms with Crippen molar-refractivity contribution < 1.29 is 14.3 Å². The van der Waals surface area contributed by atoms with Crippen LogP contribution in [0.5, 0.6) is 0 Å². The molecule has 1 aliphatic rings. The zero-order valence-electron chi connectivity index (χ0n) is 13.6. The van der Waals surface area contributed by atoms with Gasteiger partial charge in [0.1, 0.15) is 5.58 Å². The van der Waals surface area contributed by atoms with Gasteiger partial charge >= 0.3 is 0 Å². The van der Waals surface area contributed by atoms with E-state index >= 15 is 0 Å². The number of fused-ring (bicyclic) bond motifs is 1. The molecule has 0 bridgehead atoms. The van der Waals surface area contributed by atoms with Crippen LogP contribution >= 0.6 is 0 Å². The van der Waals surface area contributed by atoms with E-state index in [-0.39, 0.29) is 11.8 Å². The normalized spacial score (nSPS) is 22.3. The summed E-state index contributed by atoms with van der Waals surface area (Å²) in [7, 11) is 0. The van der Waals surface area contributed by atoms with E-state index in [2.05, 4.69) is 6.07 Å². The van der Waals surface area contributed by atoms with Crippen molar-refractivity contribution >= 4 is 16.9 Å². The number of aliphatic hydroxyl groups excluding tert-OH is 1. The van der Waals surface area contributed by atoms with Gasteiger partial charge in [-0.1, -0.05) is 19.1 Å². The lowest BCUT2D eigenvalue weighted by molar-refractivity contribution is 0.0231. The number of rotatable bonds is 1. The van der Waals surface area contributed by atoms with Gasteiger partial charge in [-0.2, -0.15) is 0 Å². The van der Waals surface area contributed by atoms with Crippen molar-refractivity contribution in [2.24, 2.45) is 5.92 Å². The molecule has 2 unspecified atom stereocenters. The first-order valence-electron chi connectivity index (χ1n) is 7.86. The maximum absolute atomic E-state index is 12.8. The average Bonchev–Trinajstić information content (AvgIpc) is 2.84. The molecule has 4 heteroatoms. The van der Waals surface area contributed by atoms with Crippen molar-refractivity contribution in [3.8, 4) is 0 Å². The molecule has 4 nitrogen and oxygen atoms in total. The Labute approximate surface area is 130 Å². The standard InChI is InChI=1S/C18H23NO3/c1-10-7-8-19(9-14(10)20)18(21)17-13(4)15-11(2)5-6-12(3)16(15)22-17/h5-6,10,14,20H,7-9H2,1-4H3. The minimum Gasteiger partial charge on any atom is -0.450 e. The van der Waals surface area contributed by atoms with E-state index in [1.54, 1.807) is 4.90 Å². The van der Waals surface area contributed by atoms with Gasteiger partial charge in [0.05, 0.1) is 6.10 Å². The predicted molar refractivity (Wildman–Crippen MR) is 86.1 cm³/mol. The molecule has 2 aromatic rings. The second-order valence-corrected chi connectivity index (χ2v) is 6.54. The zero-order valence-corrected chi connectivity index (χ0v) is 13.6. The van der Waals surface area contributed by atoms with Gasteiger partial charge in [-0.25, -0.2) is 0 Å². The number of piperidine rings is 1. The fourth-order valence-corrected chi connectivity index (χ4v) is 3.26. The van der Waals surface area contributed by atoms with Gasteiger partial charge in [0, 0.05) is 24.0 Å². The van der Waals surface area contributed by atoms with Crippen LogP contribution in [0, 0.1) is 26.7 Å². The van der Waals surface area contributed by atoms with Crippen LogP contribution < -0.4 is 0 Å². The number of amides is 1. The zero-order chi connectivity index (χ0) is 16.0. The molecule has 1 fully saturated rings. The number of β-amino-alcohol motifs (C(OH)–C–C–N with tert-alkyl or cyclic N) is 1. The van der Waals surface area contributed by atoms with Gasteiger partial charge in [0.2, 0.25) is 0 Å². The van der Waals surface area contributed by atoms with Gasteiger partial charge in [0.15, 0.2) is 5.76 Å². The molecule has 1 amide bonds. The van der Waals surface area contributed by atoms with Gasteiger partial charge in [0.25, 0.3) is 5.91 Å². The Morgan fingerprint density at radius 3 is 2.59 bits per heavy atom. The molecule has 1 N–H and O–H groups in total. The number of carbonyl (C=O) groups excluding carboxylic acids is 1. The molecule has 2 atom stereocenters. The quantitative estimate of drug-likeness (QED) is 0.880. The maximum Gasteiger partial charge on any atom is 0.289 e. The third-order valence-corrected chi connectivity index (χ3v) is 4.88. The molecule has 0 spiro atoms. The summed E-state index contributed by atoms with van der Waals surface area (Å²) in [6.07, 6.45) is 0.371. The van der Waals surface area contributed by atoms with Crippen LogP contribution in [-0.4, -0.2) is 35.1 Å². The number of hydrogen-bond acceptors (Lipinski definition) is 3. The smallest absolute Gasteiger partial charge is 0.289 e. The molecule has 0 radical (unpaired) electrons. The molecule has 3 rings (SSSR count).